The van der Waals surface area contributed by atoms with Gasteiger partial charge in [0.2, 0.25) is 5.91 Å². The first-order valence-corrected chi connectivity index (χ1v) is 8.29. The number of benzene rings is 1. The molecule has 1 saturated heterocycles. The largest absolute Gasteiger partial charge is 0.461 e. The fourth-order valence-corrected chi connectivity index (χ4v) is 2.91. The molecule has 6 nitrogen and oxygen atoms in total. The molecule has 0 bridgehead atoms. The van der Waals surface area contributed by atoms with E-state index in [4.69, 9.17) is 5.73 Å². The summed E-state index contributed by atoms with van der Waals surface area (Å²) in [7, 11) is 0. The van der Waals surface area contributed by atoms with Crippen LogP contribution in [0.1, 0.15) is 18.4 Å². The Morgan fingerprint density at radius 3 is 2.40 bits per heavy atom. The smallest absolute Gasteiger partial charge is 0.428 e. The maximum absolute atomic E-state index is 14.1. The molecule has 1 aromatic rings. The lowest BCUT2D eigenvalue weighted by atomic mass is 9.96. The number of carbonyl (C=O) groups is 2. The molecule has 3 amide bonds. The lowest BCUT2D eigenvalue weighted by Gasteiger charge is -2.40. The number of hydrogen-bond acceptors (Lipinski definition) is 3. The number of amides is 3. The summed E-state index contributed by atoms with van der Waals surface area (Å²) in [6, 6.07) is -3.37. The van der Waals surface area contributed by atoms with Crippen LogP contribution >= 0.6 is 0 Å². The molecule has 0 radical (unpaired) electrons. The monoisotopic (exact) mass is 449 g/mol. The number of nitrogens with one attached hydrogen (secondary N) is 1. The summed E-state index contributed by atoms with van der Waals surface area (Å²) in [5.74, 6) is -3.37. The highest BCUT2D eigenvalue weighted by Crippen LogP contribution is 2.35. The predicted octanol–water partition coefficient (Wildman–Crippen LogP) is 3.15. The summed E-state index contributed by atoms with van der Waals surface area (Å²) in [4.78, 5) is 23.6. The number of halogens is 8. The summed E-state index contributed by atoms with van der Waals surface area (Å²) in [6.07, 6.45) is -15.1. The van der Waals surface area contributed by atoms with Crippen LogP contribution in [-0.2, 0) is 11.3 Å². The van der Waals surface area contributed by atoms with Crippen molar-refractivity contribution in [3.8, 4) is 5.75 Å². The zero-order valence-corrected chi connectivity index (χ0v) is 14.9. The van der Waals surface area contributed by atoms with Gasteiger partial charge in [-0.25, -0.2) is 9.18 Å². The molecule has 0 aliphatic carbocycles. The number of nitrogens with zero attached hydrogens (tertiary/aromatic N) is 1. The van der Waals surface area contributed by atoms with Crippen LogP contribution in [0.25, 0.3) is 0 Å². The van der Waals surface area contributed by atoms with E-state index in [1.807, 2.05) is 5.32 Å². The van der Waals surface area contributed by atoms with Gasteiger partial charge < -0.3 is 20.7 Å². The fraction of sp³-hybridized carbons (Fsp3) is 0.500. The van der Waals surface area contributed by atoms with Crippen molar-refractivity contribution in [1.82, 2.24) is 10.2 Å². The molecule has 3 N–H and O–H groups in total. The maximum atomic E-state index is 14.1. The van der Waals surface area contributed by atoms with Crippen LogP contribution in [0, 0.1) is 5.82 Å². The molecule has 1 aliphatic heterocycles. The topological polar surface area (TPSA) is 84.7 Å². The van der Waals surface area contributed by atoms with Crippen molar-refractivity contribution in [2.24, 2.45) is 5.73 Å². The van der Waals surface area contributed by atoms with Crippen molar-refractivity contribution < 1.29 is 49.4 Å². The van der Waals surface area contributed by atoms with Gasteiger partial charge in [-0.05, 0) is 31.0 Å². The first-order valence-electron chi connectivity index (χ1n) is 8.29. The number of piperidine rings is 1. The van der Waals surface area contributed by atoms with Gasteiger partial charge in [-0.3, -0.25) is 4.79 Å². The summed E-state index contributed by atoms with van der Waals surface area (Å²) in [5.41, 5.74) is 4.18. The molecule has 0 saturated carbocycles. The highest BCUT2D eigenvalue weighted by Gasteiger charge is 2.50. The Hall–Kier alpha value is -2.80. The van der Waals surface area contributed by atoms with Gasteiger partial charge in [0.15, 0.2) is 0 Å². The van der Waals surface area contributed by atoms with Crippen LogP contribution in [0.5, 0.6) is 5.75 Å². The number of urea groups is 1. The molecule has 14 heteroatoms. The third kappa shape index (κ3) is 5.42. The van der Waals surface area contributed by atoms with Crippen molar-refractivity contribution in [3.05, 3.63) is 29.6 Å². The van der Waals surface area contributed by atoms with E-state index in [9.17, 15) is 44.7 Å². The van der Waals surface area contributed by atoms with Crippen LogP contribution in [0.3, 0.4) is 0 Å². The number of carbonyl (C=O) groups excluding carboxylic acids is 2. The third-order valence-electron chi connectivity index (χ3n) is 4.25. The van der Waals surface area contributed by atoms with Crippen LogP contribution in [0.15, 0.2) is 18.2 Å². The van der Waals surface area contributed by atoms with E-state index in [-0.39, 0.29) is 4.90 Å². The van der Waals surface area contributed by atoms with Gasteiger partial charge in [-0.2, -0.15) is 30.7 Å². The van der Waals surface area contributed by atoms with Crippen LogP contribution < -0.4 is 15.8 Å². The molecule has 30 heavy (non-hydrogen) atoms. The van der Waals surface area contributed by atoms with Crippen molar-refractivity contribution in [3.63, 3.8) is 0 Å². The molecule has 1 aliphatic rings. The van der Waals surface area contributed by atoms with Crippen molar-refractivity contribution in [2.75, 3.05) is 0 Å². The molecule has 1 heterocycles. The standard InChI is InChI=1S/C16H15F8N3O3/c17-9-2-1-8(30-16(23,24)13(18)19)5-7(9)6-27-11(15(20,21)22)4-3-10(12(27)28)26-14(25)29/h1-2,5,10-11,13H,3-4,6H2,(H3,25,26,29)/t10-,11+/m1/s1. The average molecular weight is 449 g/mol. The molecule has 1 fully saturated rings. The Balaban J connectivity index is 2.34. The van der Waals surface area contributed by atoms with Gasteiger partial charge in [0, 0.05) is 12.1 Å². The molecular weight excluding hydrogens is 434 g/mol. The number of hydrogen-bond donors (Lipinski definition) is 2. The number of likely N-dealkylation sites (tertiary alicyclic amines) is 1. The Labute approximate surface area is 163 Å². The number of nitrogens with two attached hydrogens (primary N) is 1. The molecule has 168 valence electrons. The average Bonchev–Trinajstić information content (AvgIpc) is 2.59. The first-order chi connectivity index (χ1) is 13.7. The van der Waals surface area contributed by atoms with Gasteiger partial charge in [0.1, 0.15) is 23.7 Å². The number of ether oxygens (including phenoxy) is 1. The molecule has 0 spiro atoms. The van der Waals surface area contributed by atoms with Crippen LogP contribution in [0.4, 0.5) is 39.9 Å². The van der Waals surface area contributed by atoms with E-state index in [2.05, 4.69) is 4.74 Å². The van der Waals surface area contributed by atoms with E-state index in [1.54, 1.807) is 0 Å². The van der Waals surface area contributed by atoms with Gasteiger partial charge in [-0.1, -0.05) is 0 Å². The fourth-order valence-electron chi connectivity index (χ4n) is 2.91. The normalized spacial score (nSPS) is 20.4. The van der Waals surface area contributed by atoms with Gasteiger partial charge in [-0.15, -0.1) is 0 Å². The molecule has 0 aromatic heterocycles. The molecule has 2 rings (SSSR count). The van der Waals surface area contributed by atoms with Gasteiger partial charge in [0.25, 0.3) is 0 Å². The Kier molecular flexibility index (Phi) is 6.67. The summed E-state index contributed by atoms with van der Waals surface area (Å²) in [6.45, 7) is -1.05. The van der Waals surface area contributed by atoms with Crippen molar-refractivity contribution >= 4 is 11.9 Å². The molecule has 1 aromatic carbocycles. The number of rotatable bonds is 6. The molecule has 2 atom stereocenters. The van der Waals surface area contributed by atoms with E-state index in [0.717, 1.165) is 0 Å². The van der Waals surface area contributed by atoms with E-state index in [0.29, 0.717) is 18.2 Å². The van der Waals surface area contributed by atoms with E-state index < -0.39 is 79.2 Å². The number of primary amides is 1. The Morgan fingerprint density at radius 1 is 1.23 bits per heavy atom. The minimum Gasteiger partial charge on any atom is -0.428 e. The van der Waals surface area contributed by atoms with E-state index >= 15 is 0 Å². The highest BCUT2D eigenvalue weighted by molar-refractivity contribution is 5.87. The quantitative estimate of drug-likeness (QED) is 0.655. The number of alkyl halides is 7. The zero-order valence-electron chi connectivity index (χ0n) is 14.9. The summed E-state index contributed by atoms with van der Waals surface area (Å²) >= 11 is 0. The Bertz CT molecular complexity index is 802. The molecular formula is C16H15F8N3O3. The first kappa shape index (κ1) is 23.5. The summed E-state index contributed by atoms with van der Waals surface area (Å²) in [5, 5.41) is 1.97. The van der Waals surface area contributed by atoms with Crippen LogP contribution in [-0.4, -0.2) is 47.6 Å². The predicted molar refractivity (Wildman–Crippen MR) is 84.1 cm³/mol. The minimum absolute atomic E-state index is 0.206. The SMILES string of the molecule is NC(=O)N[C@@H]1CC[C@@H](C(F)(F)F)N(Cc2cc(OC(F)(F)C(F)F)ccc2F)C1=O. The molecule has 0 unspecified atom stereocenters. The van der Waals surface area contributed by atoms with E-state index in [1.165, 1.54) is 0 Å². The zero-order chi connectivity index (χ0) is 22.9. The Morgan fingerprint density at radius 2 is 1.87 bits per heavy atom. The lowest BCUT2D eigenvalue weighted by Crippen LogP contribution is -2.60. The second kappa shape index (κ2) is 8.52. The van der Waals surface area contributed by atoms with Crippen molar-refractivity contribution in [2.45, 2.75) is 50.2 Å². The van der Waals surface area contributed by atoms with Crippen LogP contribution in [0.2, 0.25) is 0 Å². The second-order valence-electron chi connectivity index (χ2n) is 6.38. The summed E-state index contributed by atoms with van der Waals surface area (Å²) < 4.78 is 109. The van der Waals surface area contributed by atoms with Crippen molar-refractivity contribution in [1.29, 1.82) is 0 Å². The lowest BCUT2D eigenvalue weighted by molar-refractivity contribution is -0.253. The maximum Gasteiger partial charge on any atom is 0.461 e. The highest BCUT2D eigenvalue weighted by atomic mass is 19.4. The third-order valence-corrected chi connectivity index (χ3v) is 4.25. The van der Waals surface area contributed by atoms with Gasteiger partial charge >= 0.3 is 24.7 Å². The van der Waals surface area contributed by atoms with Gasteiger partial charge in [0.05, 0.1) is 0 Å². The second-order valence-corrected chi connectivity index (χ2v) is 6.38. The minimum atomic E-state index is -4.93.